The number of rotatable bonds is 10. The van der Waals surface area contributed by atoms with E-state index in [1.54, 1.807) is 48.6 Å². The van der Waals surface area contributed by atoms with Gasteiger partial charge in [0.2, 0.25) is 5.75 Å². The molecule has 3 amide bonds. The number of nitrogens with one attached hydrogen (secondary N) is 3. The summed E-state index contributed by atoms with van der Waals surface area (Å²) in [7, 11) is 1.39. The number of carbonyl (C=O) groups excluding carboxylic acids is 3. The summed E-state index contributed by atoms with van der Waals surface area (Å²) >= 11 is 1.74. The number of aromatic hydroxyl groups is 1. The number of ether oxygens (including phenoxy) is 3. The first-order valence-corrected chi connectivity index (χ1v) is 12.4. The molecule has 14 nitrogen and oxygen atoms in total. The second kappa shape index (κ2) is 12.9. The molecule has 1 heterocycles. The van der Waals surface area contributed by atoms with Crippen molar-refractivity contribution in [3.8, 4) is 17.2 Å². The number of hydrazone groups is 1. The number of esters is 1. The number of phenolic OH excluding ortho intramolecular Hbond substituents is 1. The Morgan fingerprint density at radius 3 is 2.69 bits per heavy atom. The number of amides is 3. The van der Waals surface area contributed by atoms with E-state index in [2.05, 4.69) is 21.2 Å². The molecular weight excluding hydrogens is 629 g/mol. The van der Waals surface area contributed by atoms with Crippen molar-refractivity contribution < 1.29 is 38.6 Å². The monoisotopic (exact) mass is 653 g/mol. The Balaban J connectivity index is 1.69. The first kappa shape index (κ1) is 29.2. The SMILES string of the molecule is CCOC(=O)C1=C(C)NC(=O)N[C@@H]1c1ccc(OCC(=O)N/N=C\c2cc(I)c(O)c([N+](=O)[O-])c2)c(OC)c1. The van der Waals surface area contributed by atoms with Gasteiger partial charge in [0.1, 0.15) is 0 Å². The number of nitro benzene ring substituents is 1. The molecule has 1 aliphatic rings. The van der Waals surface area contributed by atoms with Crippen molar-refractivity contribution >= 4 is 52.4 Å². The van der Waals surface area contributed by atoms with Gasteiger partial charge in [-0.1, -0.05) is 6.07 Å². The molecule has 0 aliphatic carbocycles. The van der Waals surface area contributed by atoms with Crippen LogP contribution >= 0.6 is 22.6 Å². The largest absolute Gasteiger partial charge is 0.501 e. The predicted octanol–water partition coefficient (Wildman–Crippen LogP) is 2.63. The number of urea groups is 1. The topological polar surface area (TPSA) is 191 Å². The summed E-state index contributed by atoms with van der Waals surface area (Å²) in [5, 5.41) is 29.8. The summed E-state index contributed by atoms with van der Waals surface area (Å²) in [5.74, 6) is -1.22. The molecule has 0 aromatic heterocycles. The average Bonchev–Trinajstić information content (AvgIpc) is 2.88. The molecule has 0 bridgehead atoms. The van der Waals surface area contributed by atoms with E-state index >= 15 is 0 Å². The Hall–Kier alpha value is -4.41. The number of benzene rings is 2. The fourth-order valence-electron chi connectivity index (χ4n) is 3.58. The van der Waals surface area contributed by atoms with Gasteiger partial charge in [0, 0.05) is 17.3 Å². The summed E-state index contributed by atoms with van der Waals surface area (Å²) in [6.45, 7) is 2.98. The zero-order valence-electron chi connectivity index (χ0n) is 20.9. The zero-order chi connectivity index (χ0) is 28.7. The van der Waals surface area contributed by atoms with E-state index in [9.17, 15) is 29.6 Å². The highest BCUT2D eigenvalue weighted by Gasteiger charge is 2.32. The van der Waals surface area contributed by atoms with Crippen LogP contribution in [0.15, 0.2) is 46.7 Å². The number of allylic oxidation sites excluding steroid dienone is 1. The molecule has 1 aliphatic heterocycles. The van der Waals surface area contributed by atoms with Crippen molar-refractivity contribution in [1.29, 1.82) is 0 Å². The minimum absolute atomic E-state index is 0.159. The number of nitro groups is 1. The van der Waals surface area contributed by atoms with Crippen LogP contribution in [0, 0.1) is 13.7 Å². The Morgan fingerprint density at radius 1 is 1.28 bits per heavy atom. The Kier molecular flexibility index (Phi) is 9.64. The highest BCUT2D eigenvalue weighted by atomic mass is 127. The van der Waals surface area contributed by atoms with E-state index in [1.165, 1.54) is 25.5 Å². The van der Waals surface area contributed by atoms with Crippen LogP contribution in [-0.4, -0.2) is 54.5 Å². The smallest absolute Gasteiger partial charge is 0.338 e. The summed E-state index contributed by atoms with van der Waals surface area (Å²) in [6.07, 6.45) is 1.19. The Labute approximate surface area is 235 Å². The lowest BCUT2D eigenvalue weighted by Gasteiger charge is -2.28. The van der Waals surface area contributed by atoms with Crippen LogP contribution in [0.5, 0.6) is 17.2 Å². The second-order valence-electron chi connectivity index (χ2n) is 7.91. The number of hydrogen-bond acceptors (Lipinski definition) is 10. The molecule has 2 aromatic rings. The minimum Gasteiger partial charge on any atom is -0.501 e. The fourth-order valence-corrected chi connectivity index (χ4v) is 4.22. The molecule has 0 unspecified atom stereocenters. The molecule has 0 saturated heterocycles. The van der Waals surface area contributed by atoms with E-state index in [0.29, 0.717) is 16.8 Å². The molecule has 206 valence electrons. The molecule has 39 heavy (non-hydrogen) atoms. The van der Waals surface area contributed by atoms with E-state index in [4.69, 9.17) is 14.2 Å². The van der Waals surface area contributed by atoms with E-state index < -0.39 is 46.9 Å². The van der Waals surface area contributed by atoms with Crippen LogP contribution in [0.2, 0.25) is 0 Å². The van der Waals surface area contributed by atoms with Gasteiger partial charge in [-0.25, -0.2) is 15.0 Å². The first-order chi connectivity index (χ1) is 18.5. The molecule has 1 atom stereocenters. The molecule has 0 fully saturated rings. The second-order valence-corrected chi connectivity index (χ2v) is 9.07. The maximum Gasteiger partial charge on any atom is 0.338 e. The lowest BCUT2D eigenvalue weighted by Crippen LogP contribution is -2.45. The van der Waals surface area contributed by atoms with Crippen LogP contribution < -0.4 is 25.5 Å². The number of hydrogen-bond donors (Lipinski definition) is 4. The van der Waals surface area contributed by atoms with Gasteiger partial charge in [0.05, 0.1) is 40.0 Å². The number of halogens is 1. The molecule has 15 heteroatoms. The van der Waals surface area contributed by atoms with Crippen LogP contribution in [0.25, 0.3) is 0 Å². The zero-order valence-corrected chi connectivity index (χ0v) is 23.1. The normalized spacial score (nSPS) is 14.9. The summed E-state index contributed by atoms with van der Waals surface area (Å²) in [4.78, 5) is 47.1. The number of carbonyl (C=O) groups is 3. The lowest BCUT2D eigenvalue weighted by atomic mass is 9.95. The fraction of sp³-hybridized carbons (Fsp3) is 0.250. The quantitative estimate of drug-likeness (QED) is 0.0982. The third-order valence-corrected chi connectivity index (χ3v) is 6.13. The van der Waals surface area contributed by atoms with Crippen LogP contribution in [0.3, 0.4) is 0 Å². The third-order valence-electron chi connectivity index (χ3n) is 5.31. The molecular formula is C24H24IN5O9. The lowest BCUT2D eigenvalue weighted by molar-refractivity contribution is -0.386. The molecule has 2 aromatic carbocycles. The average molecular weight is 653 g/mol. The van der Waals surface area contributed by atoms with Crippen LogP contribution in [0.4, 0.5) is 10.5 Å². The van der Waals surface area contributed by atoms with Crippen molar-refractivity contribution in [3.05, 3.63) is 66.4 Å². The Morgan fingerprint density at radius 2 is 2.03 bits per heavy atom. The van der Waals surface area contributed by atoms with Gasteiger partial charge < -0.3 is 30.0 Å². The van der Waals surface area contributed by atoms with Gasteiger partial charge in [0.25, 0.3) is 5.91 Å². The number of nitrogens with zero attached hydrogens (tertiary/aromatic N) is 2. The van der Waals surface area contributed by atoms with Crippen molar-refractivity contribution in [2.45, 2.75) is 19.9 Å². The number of phenols is 1. The van der Waals surface area contributed by atoms with Gasteiger partial charge in [-0.05, 0) is 60.2 Å². The van der Waals surface area contributed by atoms with Gasteiger partial charge in [0.15, 0.2) is 18.1 Å². The van der Waals surface area contributed by atoms with Gasteiger partial charge in [-0.3, -0.25) is 14.9 Å². The number of methoxy groups -OCH3 is 1. The van der Waals surface area contributed by atoms with Crippen molar-refractivity contribution in [3.63, 3.8) is 0 Å². The summed E-state index contributed by atoms with van der Waals surface area (Å²) in [6, 6.07) is 5.97. The van der Waals surface area contributed by atoms with E-state index in [0.717, 1.165) is 6.07 Å². The van der Waals surface area contributed by atoms with E-state index in [1.807, 2.05) is 0 Å². The summed E-state index contributed by atoms with van der Waals surface area (Å²) < 4.78 is 16.3. The van der Waals surface area contributed by atoms with Gasteiger partial charge in [-0.2, -0.15) is 5.10 Å². The molecule has 0 spiro atoms. The molecule has 0 radical (unpaired) electrons. The van der Waals surface area contributed by atoms with Crippen molar-refractivity contribution in [2.24, 2.45) is 5.10 Å². The molecule has 4 N–H and O–H groups in total. The highest BCUT2D eigenvalue weighted by molar-refractivity contribution is 14.1. The van der Waals surface area contributed by atoms with Crippen LogP contribution in [0.1, 0.15) is 31.0 Å². The highest BCUT2D eigenvalue weighted by Crippen LogP contribution is 2.35. The predicted molar refractivity (Wildman–Crippen MR) is 145 cm³/mol. The summed E-state index contributed by atoms with van der Waals surface area (Å²) in [5.41, 5.74) is 3.15. The molecule has 3 rings (SSSR count). The minimum atomic E-state index is -0.808. The Bertz CT molecular complexity index is 1380. The van der Waals surface area contributed by atoms with Crippen molar-refractivity contribution in [2.75, 3.05) is 20.3 Å². The van der Waals surface area contributed by atoms with Gasteiger partial charge in [-0.15, -0.1) is 0 Å². The first-order valence-electron chi connectivity index (χ1n) is 11.3. The maximum atomic E-state index is 12.5. The van der Waals surface area contributed by atoms with Crippen LogP contribution in [-0.2, 0) is 14.3 Å². The third kappa shape index (κ3) is 7.13. The maximum absolute atomic E-state index is 12.5. The molecule has 0 saturated carbocycles. The van der Waals surface area contributed by atoms with E-state index in [-0.39, 0.29) is 27.2 Å². The van der Waals surface area contributed by atoms with Crippen molar-refractivity contribution in [1.82, 2.24) is 16.1 Å². The van der Waals surface area contributed by atoms with Gasteiger partial charge >= 0.3 is 17.7 Å². The standard InChI is InChI=1S/C24H24IN5O9/c1-4-38-23(33)20-12(2)27-24(34)28-21(20)14-5-6-17(18(9-14)37-3)39-11-19(31)29-26-10-13-7-15(25)22(32)16(8-13)30(35)36/h5-10,21,32H,4,11H2,1-3H3,(H,29,31)(H2,27,28,34)/b26-10-/t21-/m1/s1.